The molecule has 98 valence electrons. The molecule has 0 saturated heterocycles. The van der Waals surface area contributed by atoms with E-state index in [1.54, 1.807) is 18.6 Å². The third-order valence-corrected chi connectivity index (χ3v) is 3.40. The molecule has 0 bridgehead atoms. The largest absolute Gasteiger partial charge is 0.265 e. The van der Waals surface area contributed by atoms with E-state index < -0.39 is 0 Å². The van der Waals surface area contributed by atoms with Crippen LogP contribution in [0.5, 0.6) is 0 Å². The lowest BCUT2D eigenvalue weighted by molar-refractivity contribution is 1.04. The van der Waals surface area contributed by atoms with E-state index in [4.69, 9.17) is 11.6 Å². The van der Waals surface area contributed by atoms with E-state index in [2.05, 4.69) is 46.4 Å². The molecule has 0 spiro atoms. The van der Waals surface area contributed by atoms with Crippen LogP contribution in [0.4, 0.5) is 0 Å². The van der Waals surface area contributed by atoms with Gasteiger partial charge < -0.3 is 0 Å². The van der Waals surface area contributed by atoms with Crippen molar-refractivity contribution in [3.8, 4) is 22.3 Å². The first-order valence-corrected chi connectivity index (χ1v) is 6.62. The maximum atomic E-state index is 6.25. The number of rotatable bonds is 2. The van der Waals surface area contributed by atoms with Gasteiger partial charge in [0.25, 0.3) is 0 Å². The Bertz CT molecular complexity index is 724. The molecule has 2 aromatic heterocycles. The summed E-state index contributed by atoms with van der Waals surface area (Å²) in [7, 11) is 0. The Balaban J connectivity index is 2.22. The lowest BCUT2D eigenvalue weighted by atomic mass is 9.98. The number of aryl methyl sites for hydroxylation is 1. The van der Waals surface area contributed by atoms with Gasteiger partial charge in [0.05, 0.1) is 6.20 Å². The fraction of sp³-hybridized carbons (Fsp3) is 0.0625. The zero-order valence-electron chi connectivity index (χ0n) is 10.9. The Morgan fingerprint density at radius 1 is 0.900 bits per heavy atom. The first-order valence-electron chi connectivity index (χ1n) is 6.24. The van der Waals surface area contributed by atoms with Gasteiger partial charge in [0.15, 0.2) is 5.15 Å². The number of hydrogen-bond donors (Lipinski definition) is 0. The van der Waals surface area contributed by atoms with Gasteiger partial charge in [-0.1, -0.05) is 41.4 Å². The van der Waals surface area contributed by atoms with Crippen molar-refractivity contribution in [3.05, 3.63) is 65.7 Å². The average molecular weight is 282 g/mol. The molecule has 20 heavy (non-hydrogen) atoms. The van der Waals surface area contributed by atoms with Crippen molar-refractivity contribution >= 4 is 11.6 Å². The van der Waals surface area contributed by atoms with E-state index in [1.165, 1.54) is 5.56 Å². The molecule has 3 rings (SSSR count). The number of pyridine rings is 1. The fourth-order valence-corrected chi connectivity index (χ4v) is 2.36. The summed E-state index contributed by atoms with van der Waals surface area (Å²) in [5, 5.41) is 8.32. The highest BCUT2D eigenvalue weighted by atomic mass is 35.5. The van der Waals surface area contributed by atoms with Gasteiger partial charge in [-0.25, -0.2) is 0 Å². The molecule has 0 aliphatic carbocycles. The standard InChI is InChI=1S/C16H12ClN3/c1-11-2-4-12(5-3-11)14-10-19-20-16(17)15(14)13-6-8-18-9-7-13/h2-10H,1H3. The molecule has 1 aromatic carbocycles. The number of halogens is 1. The minimum Gasteiger partial charge on any atom is -0.265 e. The van der Waals surface area contributed by atoms with Crippen LogP contribution in [0.15, 0.2) is 55.0 Å². The van der Waals surface area contributed by atoms with E-state index in [9.17, 15) is 0 Å². The van der Waals surface area contributed by atoms with Crippen LogP contribution < -0.4 is 0 Å². The minimum absolute atomic E-state index is 0.397. The quantitative estimate of drug-likeness (QED) is 0.708. The van der Waals surface area contributed by atoms with Crippen LogP contribution in [-0.2, 0) is 0 Å². The van der Waals surface area contributed by atoms with Crippen molar-refractivity contribution in [3.63, 3.8) is 0 Å². The predicted molar refractivity (Wildman–Crippen MR) is 80.4 cm³/mol. The van der Waals surface area contributed by atoms with Gasteiger partial charge >= 0.3 is 0 Å². The maximum absolute atomic E-state index is 6.25. The molecule has 0 radical (unpaired) electrons. The van der Waals surface area contributed by atoms with Gasteiger partial charge in [0.2, 0.25) is 0 Å². The highest BCUT2D eigenvalue weighted by Gasteiger charge is 2.13. The summed E-state index contributed by atoms with van der Waals surface area (Å²) in [5.74, 6) is 0. The molecule has 3 nitrogen and oxygen atoms in total. The Morgan fingerprint density at radius 2 is 1.60 bits per heavy atom. The first-order chi connectivity index (χ1) is 9.75. The Kier molecular flexibility index (Phi) is 3.44. The van der Waals surface area contributed by atoms with Crippen molar-refractivity contribution in [2.75, 3.05) is 0 Å². The van der Waals surface area contributed by atoms with Crippen LogP contribution in [0, 0.1) is 6.92 Å². The molecule has 0 aliphatic rings. The summed E-state index contributed by atoms with van der Waals surface area (Å²) >= 11 is 6.25. The van der Waals surface area contributed by atoms with E-state index >= 15 is 0 Å². The van der Waals surface area contributed by atoms with Crippen LogP contribution in [-0.4, -0.2) is 15.2 Å². The SMILES string of the molecule is Cc1ccc(-c2cnnc(Cl)c2-c2ccncc2)cc1. The van der Waals surface area contributed by atoms with Crippen LogP contribution in [0.25, 0.3) is 22.3 Å². The molecular weight excluding hydrogens is 270 g/mol. The van der Waals surface area contributed by atoms with Gasteiger partial charge in [0.1, 0.15) is 0 Å². The van der Waals surface area contributed by atoms with E-state index in [0.717, 1.165) is 22.3 Å². The van der Waals surface area contributed by atoms with Crippen molar-refractivity contribution in [2.24, 2.45) is 0 Å². The molecule has 0 aliphatic heterocycles. The summed E-state index contributed by atoms with van der Waals surface area (Å²) in [6, 6.07) is 12.1. The van der Waals surface area contributed by atoms with Crippen LogP contribution >= 0.6 is 11.6 Å². The molecule has 0 amide bonds. The third-order valence-electron chi connectivity index (χ3n) is 3.14. The summed E-state index contributed by atoms with van der Waals surface area (Å²) in [4.78, 5) is 4.04. The first kappa shape index (κ1) is 12.8. The normalized spacial score (nSPS) is 10.5. The Hall–Kier alpha value is -2.26. The maximum Gasteiger partial charge on any atom is 0.160 e. The van der Waals surface area contributed by atoms with Crippen LogP contribution in [0.1, 0.15) is 5.56 Å². The monoisotopic (exact) mass is 281 g/mol. The predicted octanol–water partition coefficient (Wildman–Crippen LogP) is 4.17. The molecule has 0 unspecified atom stereocenters. The summed E-state index contributed by atoms with van der Waals surface area (Å²) < 4.78 is 0. The molecule has 0 N–H and O–H groups in total. The van der Waals surface area contributed by atoms with Gasteiger partial charge in [-0.15, -0.1) is 5.10 Å². The van der Waals surface area contributed by atoms with Crippen molar-refractivity contribution in [2.45, 2.75) is 6.92 Å². The lowest BCUT2D eigenvalue weighted by Crippen LogP contribution is -1.92. The minimum atomic E-state index is 0.397. The third kappa shape index (κ3) is 2.40. The second-order valence-electron chi connectivity index (χ2n) is 4.53. The number of nitrogens with zero attached hydrogens (tertiary/aromatic N) is 3. The zero-order chi connectivity index (χ0) is 13.9. The highest BCUT2D eigenvalue weighted by Crippen LogP contribution is 2.35. The average Bonchev–Trinajstić information content (AvgIpc) is 2.49. The fourth-order valence-electron chi connectivity index (χ4n) is 2.11. The second kappa shape index (κ2) is 5.39. The number of aromatic nitrogens is 3. The second-order valence-corrected chi connectivity index (χ2v) is 4.88. The van der Waals surface area contributed by atoms with Crippen LogP contribution in [0.3, 0.4) is 0 Å². The molecule has 4 heteroatoms. The van der Waals surface area contributed by atoms with E-state index in [-0.39, 0.29) is 0 Å². The molecule has 0 atom stereocenters. The van der Waals surface area contributed by atoms with Crippen LogP contribution in [0.2, 0.25) is 5.15 Å². The molecule has 3 aromatic rings. The van der Waals surface area contributed by atoms with E-state index in [0.29, 0.717) is 5.15 Å². The topological polar surface area (TPSA) is 38.7 Å². The molecule has 2 heterocycles. The Labute approximate surface area is 122 Å². The van der Waals surface area contributed by atoms with Gasteiger partial charge in [0, 0.05) is 23.5 Å². The van der Waals surface area contributed by atoms with Gasteiger partial charge in [-0.3, -0.25) is 4.98 Å². The van der Waals surface area contributed by atoms with Crippen molar-refractivity contribution in [1.29, 1.82) is 0 Å². The lowest BCUT2D eigenvalue weighted by Gasteiger charge is -2.10. The number of benzene rings is 1. The highest BCUT2D eigenvalue weighted by molar-refractivity contribution is 6.32. The van der Waals surface area contributed by atoms with Crippen molar-refractivity contribution < 1.29 is 0 Å². The summed E-state index contributed by atoms with van der Waals surface area (Å²) in [6.45, 7) is 2.06. The molecule has 0 saturated carbocycles. The zero-order valence-corrected chi connectivity index (χ0v) is 11.7. The van der Waals surface area contributed by atoms with Crippen molar-refractivity contribution in [1.82, 2.24) is 15.2 Å². The summed E-state index contributed by atoms with van der Waals surface area (Å²) in [6.07, 6.45) is 5.22. The van der Waals surface area contributed by atoms with E-state index in [1.807, 2.05) is 12.1 Å². The molecular formula is C16H12ClN3. The molecule has 0 fully saturated rings. The number of hydrogen-bond acceptors (Lipinski definition) is 3. The van der Waals surface area contributed by atoms with Gasteiger partial charge in [-0.2, -0.15) is 5.10 Å². The smallest absolute Gasteiger partial charge is 0.160 e. The Morgan fingerprint density at radius 3 is 2.30 bits per heavy atom. The van der Waals surface area contributed by atoms with Gasteiger partial charge in [-0.05, 0) is 30.2 Å². The summed E-state index contributed by atoms with van der Waals surface area (Å²) in [5.41, 5.74) is 5.12.